The molecule has 0 spiro atoms. The van der Waals surface area contributed by atoms with E-state index in [1.807, 2.05) is 13.8 Å². The SMILES string of the molecule is CCNC(=S)CC. The molecular weight excluding hydrogens is 106 g/mol. The summed E-state index contributed by atoms with van der Waals surface area (Å²) in [4.78, 5) is 0.961. The van der Waals surface area contributed by atoms with Crippen LogP contribution in [0.1, 0.15) is 20.3 Å². The van der Waals surface area contributed by atoms with Crippen LogP contribution in [0.5, 0.6) is 0 Å². The lowest BCUT2D eigenvalue weighted by molar-refractivity contribution is 0.956. The molecule has 0 aromatic rings. The standard InChI is InChI=1S/C5H11NS/c1-3-5(7)6-4-2/h3-4H2,1-2H3,(H,6,7). The highest BCUT2D eigenvalue weighted by Gasteiger charge is 1.82. The van der Waals surface area contributed by atoms with Gasteiger partial charge in [0.25, 0.3) is 0 Å². The molecule has 0 aliphatic rings. The summed E-state index contributed by atoms with van der Waals surface area (Å²) in [5.74, 6) is 0. The van der Waals surface area contributed by atoms with Crippen molar-refractivity contribution in [3.8, 4) is 0 Å². The smallest absolute Gasteiger partial charge is 0.0750 e. The van der Waals surface area contributed by atoms with Crippen LogP contribution in [0.15, 0.2) is 0 Å². The quantitative estimate of drug-likeness (QED) is 0.548. The molecule has 7 heavy (non-hydrogen) atoms. The molecule has 0 atom stereocenters. The predicted molar refractivity (Wildman–Crippen MR) is 36.6 cm³/mol. The molecule has 2 heteroatoms. The minimum absolute atomic E-state index is 0.951. The fourth-order valence-electron chi connectivity index (χ4n) is 0.322. The Kier molecular flexibility index (Phi) is 4.00. The predicted octanol–water partition coefficient (Wildman–Crippen LogP) is 1.33. The van der Waals surface area contributed by atoms with Gasteiger partial charge in [0, 0.05) is 6.54 Å². The maximum absolute atomic E-state index is 4.84. The summed E-state index contributed by atoms with van der Waals surface area (Å²) < 4.78 is 0. The molecule has 0 fully saturated rings. The van der Waals surface area contributed by atoms with Crippen LogP contribution in [0.4, 0.5) is 0 Å². The van der Waals surface area contributed by atoms with E-state index in [1.54, 1.807) is 0 Å². The summed E-state index contributed by atoms with van der Waals surface area (Å²) >= 11 is 4.84. The summed E-state index contributed by atoms with van der Waals surface area (Å²) in [6, 6.07) is 0. The molecule has 1 nitrogen and oxygen atoms in total. The molecule has 0 aromatic heterocycles. The van der Waals surface area contributed by atoms with Gasteiger partial charge in [0.2, 0.25) is 0 Å². The van der Waals surface area contributed by atoms with Crippen LogP contribution in [0.2, 0.25) is 0 Å². The summed E-state index contributed by atoms with van der Waals surface area (Å²) in [6.45, 7) is 5.04. The minimum atomic E-state index is 0.951. The number of rotatable bonds is 2. The number of hydrogen-bond donors (Lipinski definition) is 1. The molecule has 0 saturated carbocycles. The number of hydrogen-bond acceptors (Lipinski definition) is 1. The third-order valence-electron chi connectivity index (χ3n) is 0.695. The van der Waals surface area contributed by atoms with Crippen LogP contribution >= 0.6 is 12.2 Å². The van der Waals surface area contributed by atoms with Gasteiger partial charge in [-0.1, -0.05) is 19.1 Å². The third-order valence-corrected chi connectivity index (χ3v) is 1.13. The average Bonchev–Trinajstić information content (AvgIpc) is 1.68. The van der Waals surface area contributed by atoms with E-state index in [9.17, 15) is 0 Å². The maximum Gasteiger partial charge on any atom is 0.0750 e. The van der Waals surface area contributed by atoms with Crippen molar-refractivity contribution in [1.29, 1.82) is 0 Å². The fourth-order valence-corrected chi connectivity index (χ4v) is 0.467. The second-order valence-electron chi connectivity index (χ2n) is 1.31. The lowest BCUT2D eigenvalue weighted by Gasteiger charge is -1.97. The summed E-state index contributed by atoms with van der Waals surface area (Å²) in [5, 5.41) is 3.03. The molecule has 0 unspecified atom stereocenters. The molecule has 0 rings (SSSR count). The first-order valence-electron chi connectivity index (χ1n) is 2.58. The summed E-state index contributed by atoms with van der Waals surface area (Å²) in [6.07, 6.45) is 0.961. The second kappa shape index (κ2) is 4.06. The number of nitrogens with one attached hydrogen (secondary N) is 1. The lowest BCUT2D eigenvalue weighted by atomic mass is 10.5. The molecule has 0 amide bonds. The van der Waals surface area contributed by atoms with E-state index in [1.165, 1.54) is 0 Å². The molecule has 0 aliphatic carbocycles. The molecule has 0 bridgehead atoms. The van der Waals surface area contributed by atoms with Gasteiger partial charge in [-0.05, 0) is 13.3 Å². The highest BCUT2D eigenvalue weighted by molar-refractivity contribution is 7.80. The van der Waals surface area contributed by atoms with Gasteiger partial charge in [-0.15, -0.1) is 0 Å². The molecule has 42 valence electrons. The van der Waals surface area contributed by atoms with Crippen LogP contribution in [-0.2, 0) is 0 Å². The molecule has 0 saturated heterocycles. The third kappa shape index (κ3) is 3.73. The van der Waals surface area contributed by atoms with Crippen molar-refractivity contribution in [3.63, 3.8) is 0 Å². The summed E-state index contributed by atoms with van der Waals surface area (Å²) in [5.41, 5.74) is 0. The van der Waals surface area contributed by atoms with Gasteiger partial charge >= 0.3 is 0 Å². The van der Waals surface area contributed by atoms with Crippen molar-refractivity contribution in [2.45, 2.75) is 20.3 Å². The maximum atomic E-state index is 4.84. The molecule has 0 heterocycles. The lowest BCUT2D eigenvalue weighted by Crippen LogP contribution is -2.18. The van der Waals surface area contributed by atoms with E-state index >= 15 is 0 Å². The first kappa shape index (κ1) is 6.89. The van der Waals surface area contributed by atoms with Crippen molar-refractivity contribution in [3.05, 3.63) is 0 Å². The van der Waals surface area contributed by atoms with E-state index in [0.717, 1.165) is 18.0 Å². The van der Waals surface area contributed by atoms with Crippen LogP contribution in [0, 0.1) is 0 Å². The second-order valence-corrected chi connectivity index (χ2v) is 1.80. The van der Waals surface area contributed by atoms with Crippen molar-refractivity contribution >= 4 is 17.2 Å². The molecule has 0 radical (unpaired) electrons. The highest BCUT2D eigenvalue weighted by atomic mass is 32.1. The zero-order chi connectivity index (χ0) is 5.70. The van der Waals surface area contributed by atoms with Gasteiger partial charge in [0.1, 0.15) is 0 Å². The topological polar surface area (TPSA) is 12.0 Å². The van der Waals surface area contributed by atoms with Crippen molar-refractivity contribution in [2.24, 2.45) is 0 Å². The normalized spacial score (nSPS) is 8.29. The largest absolute Gasteiger partial charge is 0.380 e. The Morgan fingerprint density at radius 1 is 1.57 bits per heavy atom. The van der Waals surface area contributed by atoms with E-state index in [4.69, 9.17) is 12.2 Å². The van der Waals surface area contributed by atoms with E-state index < -0.39 is 0 Å². The molecule has 1 N–H and O–H groups in total. The van der Waals surface area contributed by atoms with Crippen LogP contribution in [0.25, 0.3) is 0 Å². The Hall–Kier alpha value is -0.110. The van der Waals surface area contributed by atoms with Crippen molar-refractivity contribution in [1.82, 2.24) is 5.32 Å². The Morgan fingerprint density at radius 2 is 2.14 bits per heavy atom. The Labute approximate surface area is 50.1 Å². The van der Waals surface area contributed by atoms with Gasteiger partial charge in [-0.3, -0.25) is 0 Å². The Balaban J connectivity index is 3.00. The zero-order valence-corrected chi connectivity index (χ0v) is 5.64. The van der Waals surface area contributed by atoms with E-state index in [0.29, 0.717) is 0 Å². The fraction of sp³-hybridized carbons (Fsp3) is 0.800. The van der Waals surface area contributed by atoms with Crippen molar-refractivity contribution < 1.29 is 0 Å². The van der Waals surface area contributed by atoms with Gasteiger partial charge in [0.15, 0.2) is 0 Å². The minimum Gasteiger partial charge on any atom is -0.380 e. The van der Waals surface area contributed by atoms with Gasteiger partial charge < -0.3 is 5.32 Å². The highest BCUT2D eigenvalue weighted by Crippen LogP contribution is 1.76. The van der Waals surface area contributed by atoms with Crippen LogP contribution < -0.4 is 5.32 Å². The average molecular weight is 117 g/mol. The zero-order valence-electron chi connectivity index (χ0n) is 4.82. The monoisotopic (exact) mass is 117 g/mol. The molecule has 0 aromatic carbocycles. The first-order chi connectivity index (χ1) is 3.31. The Morgan fingerprint density at radius 3 is 2.29 bits per heavy atom. The molecule has 0 aliphatic heterocycles. The van der Waals surface area contributed by atoms with Crippen LogP contribution in [-0.4, -0.2) is 11.5 Å². The van der Waals surface area contributed by atoms with E-state index in [2.05, 4.69) is 5.32 Å². The van der Waals surface area contributed by atoms with E-state index in [-0.39, 0.29) is 0 Å². The van der Waals surface area contributed by atoms with Gasteiger partial charge in [-0.2, -0.15) is 0 Å². The molecular formula is C5H11NS. The summed E-state index contributed by atoms with van der Waals surface area (Å²) in [7, 11) is 0. The van der Waals surface area contributed by atoms with Gasteiger partial charge in [-0.25, -0.2) is 0 Å². The first-order valence-corrected chi connectivity index (χ1v) is 2.98. The van der Waals surface area contributed by atoms with Crippen LogP contribution in [0.3, 0.4) is 0 Å². The van der Waals surface area contributed by atoms with Gasteiger partial charge in [0.05, 0.1) is 4.99 Å². The number of thiocarbonyl (C=S) groups is 1. The van der Waals surface area contributed by atoms with Crippen molar-refractivity contribution in [2.75, 3.05) is 6.54 Å². The Bertz CT molecular complexity index is 61.1.